The van der Waals surface area contributed by atoms with Crippen molar-refractivity contribution in [3.8, 4) is 5.75 Å². The van der Waals surface area contributed by atoms with E-state index in [1.807, 2.05) is 25.1 Å². The molecular formula is C24H29BrFNO. The fourth-order valence-corrected chi connectivity index (χ4v) is 3.92. The third-order valence-corrected chi connectivity index (χ3v) is 5.55. The molecule has 2 nitrogen and oxygen atoms in total. The van der Waals surface area contributed by atoms with Crippen LogP contribution < -0.4 is 4.74 Å². The van der Waals surface area contributed by atoms with E-state index >= 15 is 0 Å². The molecule has 0 saturated carbocycles. The van der Waals surface area contributed by atoms with E-state index in [0.29, 0.717) is 16.1 Å². The minimum atomic E-state index is -0.281. The second-order valence-electron chi connectivity index (χ2n) is 7.27. The lowest BCUT2D eigenvalue weighted by Crippen LogP contribution is -2.14. The SMILES string of the molecule is C=COc1ccccc1C(C)CC(C)/C(CCC)=N/c1cc(F)c(Br)cc1C. The number of rotatable bonds is 9. The van der Waals surface area contributed by atoms with E-state index in [4.69, 9.17) is 9.73 Å². The standard InChI is InChI=1S/C24H29BrFNO/c1-6-10-22(27-23-15-21(26)20(25)14-18(23)5)17(4)13-16(3)19-11-8-9-12-24(19)28-7-2/h7-9,11-12,14-17H,2,6,10,13H2,1,3-5H3/b27-22+. The van der Waals surface area contributed by atoms with Gasteiger partial charge in [-0.2, -0.15) is 0 Å². The molecule has 0 N–H and O–H groups in total. The molecule has 28 heavy (non-hydrogen) atoms. The molecule has 0 aliphatic carbocycles. The van der Waals surface area contributed by atoms with Gasteiger partial charge in [-0.25, -0.2) is 4.39 Å². The molecule has 0 heterocycles. The number of aliphatic imine (C=N–C) groups is 1. The van der Waals surface area contributed by atoms with E-state index < -0.39 is 0 Å². The molecule has 2 unspecified atom stereocenters. The highest BCUT2D eigenvalue weighted by Gasteiger charge is 2.18. The number of halogens is 2. The Morgan fingerprint density at radius 2 is 2.00 bits per heavy atom. The first-order valence-corrected chi connectivity index (χ1v) is 10.6. The lowest BCUT2D eigenvalue weighted by molar-refractivity contribution is 0.465. The van der Waals surface area contributed by atoms with Crippen LogP contribution in [0.1, 0.15) is 57.1 Å². The van der Waals surface area contributed by atoms with Gasteiger partial charge in [-0.05, 0) is 70.8 Å². The summed E-state index contributed by atoms with van der Waals surface area (Å²) >= 11 is 3.24. The van der Waals surface area contributed by atoms with Crippen LogP contribution in [-0.2, 0) is 0 Å². The maximum atomic E-state index is 14.0. The molecule has 0 amide bonds. The highest BCUT2D eigenvalue weighted by Crippen LogP contribution is 2.33. The van der Waals surface area contributed by atoms with Crippen LogP contribution in [0.3, 0.4) is 0 Å². The zero-order valence-electron chi connectivity index (χ0n) is 17.1. The number of nitrogens with zero attached hydrogens (tertiary/aromatic N) is 1. The maximum absolute atomic E-state index is 14.0. The lowest BCUT2D eigenvalue weighted by Gasteiger charge is -2.21. The fraction of sp³-hybridized carbons (Fsp3) is 0.375. The monoisotopic (exact) mass is 445 g/mol. The first kappa shape index (κ1) is 22.4. The minimum absolute atomic E-state index is 0.276. The van der Waals surface area contributed by atoms with Crippen molar-refractivity contribution in [2.75, 3.05) is 0 Å². The third-order valence-electron chi connectivity index (χ3n) is 4.95. The van der Waals surface area contributed by atoms with Gasteiger partial charge in [-0.15, -0.1) is 0 Å². The van der Waals surface area contributed by atoms with Gasteiger partial charge in [0.1, 0.15) is 11.6 Å². The van der Waals surface area contributed by atoms with Gasteiger partial charge in [0.15, 0.2) is 0 Å². The van der Waals surface area contributed by atoms with Gasteiger partial charge in [0.05, 0.1) is 16.4 Å². The molecular weight excluding hydrogens is 417 g/mol. The van der Waals surface area contributed by atoms with Gasteiger partial charge in [0, 0.05) is 11.8 Å². The van der Waals surface area contributed by atoms with Crippen molar-refractivity contribution in [2.45, 2.75) is 52.9 Å². The average Bonchev–Trinajstić information content (AvgIpc) is 2.66. The van der Waals surface area contributed by atoms with Gasteiger partial charge in [0.2, 0.25) is 0 Å². The number of ether oxygens (including phenoxy) is 1. The smallest absolute Gasteiger partial charge is 0.139 e. The van der Waals surface area contributed by atoms with Gasteiger partial charge < -0.3 is 4.74 Å². The van der Waals surface area contributed by atoms with Crippen molar-refractivity contribution < 1.29 is 9.13 Å². The summed E-state index contributed by atoms with van der Waals surface area (Å²) in [4.78, 5) is 4.86. The third kappa shape index (κ3) is 5.78. The number of para-hydroxylation sites is 1. The zero-order valence-corrected chi connectivity index (χ0v) is 18.7. The Kier molecular flexibility index (Phi) is 8.43. The first-order valence-electron chi connectivity index (χ1n) is 9.76. The highest BCUT2D eigenvalue weighted by molar-refractivity contribution is 9.10. The van der Waals surface area contributed by atoms with Crippen LogP contribution in [0.5, 0.6) is 5.75 Å². The van der Waals surface area contributed by atoms with Crippen molar-refractivity contribution in [3.05, 3.63) is 70.7 Å². The molecule has 150 valence electrons. The van der Waals surface area contributed by atoms with Gasteiger partial charge >= 0.3 is 0 Å². The molecule has 2 atom stereocenters. The van der Waals surface area contributed by atoms with E-state index in [0.717, 1.165) is 41.9 Å². The molecule has 0 fully saturated rings. The number of benzene rings is 2. The molecule has 0 saturated heterocycles. The summed E-state index contributed by atoms with van der Waals surface area (Å²) in [5, 5.41) is 0. The van der Waals surface area contributed by atoms with E-state index in [-0.39, 0.29) is 11.7 Å². The van der Waals surface area contributed by atoms with Crippen LogP contribution in [0.4, 0.5) is 10.1 Å². The molecule has 0 radical (unpaired) electrons. The number of aryl methyl sites for hydroxylation is 1. The predicted molar refractivity (Wildman–Crippen MR) is 120 cm³/mol. The Hall–Kier alpha value is -1.94. The zero-order chi connectivity index (χ0) is 20.7. The molecule has 4 heteroatoms. The lowest BCUT2D eigenvalue weighted by atomic mass is 9.87. The predicted octanol–water partition coefficient (Wildman–Crippen LogP) is 8.12. The Morgan fingerprint density at radius 1 is 1.29 bits per heavy atom. The van der Waals surface area contributed by atoms with Crippen molar-refractivity contribution >= 4 is 27.3 Å². The fourth-order valence-electron chi connectivity index (χ4n) is 3.46. The van der Waals surface area contributed by atoms with Crippen molar-refractivity contribution in [3.63, 3.8) is 0 Å². The van der Waals surface area contributed by atoms with Crippen molar-refractivity contribution in [1.82, 2.24) is 0 Å². The summed E-state index contributed by atoms with van der Waals surface area (Å²) in [6, 6.07) is 11.4. The van der Waals surface area contributed by atoms with Crippen LogP contribution in [-0.4, -0.2) is 5.71 Å². The quantitative estimate of drug-likeness (QED) is 0.282. The highest BCUT2D eigenvalue weighted by atomic mass is 79.9. The molecule has 2 rings (SSSR count). The van der Waals surface area contributed by atoms with Crippen molar-refractivity contribution in [2.24, 2.45) is 10.9 Å². The summed E-state index contributed by atoms with van der Waals surface area (Å²) in [5.74, 6) is 1.14. The molecule has 0 bridgehead atoms. The summed E-state index contributed by atoms with van der Waals surface area (Å²) < 4.78 is 20.1. The Bertz CT molecular complexity index is 846. The number of hydrogen-bond donors (Lipinski definition) is 0. The van der Waals surface area contributed by atoms with Gasteiger partial charge in [-0.3, -0.25) is 4.99 Å². The van der Waals surface area contributed by atoms with Crippen LogP contribution in [0.2, 0.25) is 0 Å². The maximum Gasteiger partial charge on any atom is 0.139 e. The summed E-state index contributed by atoms with van der Waals surface area (Å²) in [6.07, 6.45) is 4.31. The second kappa shape index (κ2) is 10.6. The Labute approximate surface area is 176 Å². The van der Waals surface area contributed by atoms with Crippen LogP contribution in [0.25, 0.3) is 0 Å². The second-order valence-corrected chi connectivity index (χ2v) is 8.12. The van der Waals surface area contributed by atoms with E-state index in [9.17, 15) is 4.39 Å². The topological polar surface area (TPSA) is 21.6 Å². The van der Waals surface area contributed by atoms with Crippen LogP contribution in [0.15, 0.2) is 58.7 Å². The molecule has 0 aromatic heterocycles. The van der Waals surface area contributed by atoms with Gasteiger partial charge in [-0.1, -0.05) is 52.0 Å². The molecule has 2 aromatic rings. The Morgan fingerprint density at radius 3 is 2.68 bits per heavy atom. The van der Waals surface area contributed by atoms with E-state index in [2.05, 4.69) is 49.3 Å². The van der Waals surface area contributed by atoms with Gasteiger partial charge in [0.25, 0.3) is 0 Å². The first-order chi connectivity index (χ1) is 13.4. The largest absolute Gasteiger partial charge is 0.465 e. The van der Waals surface area contributed by atoms with Crippen LogP contribution in [0, 0.1) is 18.7 Å². The number of hydrogen-bond acceptors (Lipinski definition) is 2. The summed E-state index contributed by atoms with van der Waals surface area (Å²) in [5.41, 5.74) is 3.95. The molecule has 0 aliphatic heterocycles. The molecule has 0 aliphatic rings. The molecule has 0 spiro atoms. The van der Waals surface area contributed by atoms with Crippen LogP contribution >= 0.6 is 15.9 Å². The summed E-state index contributed by atoms with van der Waals surface area (Å²) in [6.45, 7) is 12.2. The molecule has 2 aromatic carbocycles. The normalized spacial score (nSPS) is 13.9. The van der Waals surface area contributed by atoms with E-state index in [1.165, 1.54) is 12.3 Å². The summed E-state index contributed by atoms with van der Waals surface area (Å²) in [7, 11) is 0. The minimum Gasteiger partial charge on any atom is -0.465 e. The average molecular weight is 446 g/mol. The van der Waals surface area contributed by atoms with E-state index in [1.54, 1.807) is 6.07 Å². The Balaban J connectivity index is 2.27. The van der Waals surface area contributed by atoms with Crippen molar-refractivity contribution in [1.29, 1.82) is 0 Å².